The molecule has 0 saturated carbocycles. The Morgan fingerprint density at radius 3 is 2.05 bits per heavy atom. The van der Waals surface area contributed by atoms with E-state index in [1.54, 1.807) is 45.0 Å². The Morgan fingerprint density at radius 1 is 1.10 bits per heavy atom. The molecule has 2 aromatic rings. The number of phenols is 2. The van der Waals surface area contributed by atoms with E-state index < -0.39 is 13.0 Å². The quantitative estimate of drug-likeness (QED) is 0.600. The molecule has 1 atom stereocenters. The zero-order chi connectivity index (χ0) is 15.1. The van der Waals surface area contributed by atoms with E-state index in [2.05, 4.69) is 0 Å². The van der Waals surface area contributed by atoms with Gasteiger partial charge in [-0.25, -0.2) is 0 Å². The highest BCUT2D eigenvalue weighted by Gasteiger charge is 2.34. The maximum Gasteiger partial charge on any atom is 0.236 e. The van der Waals surface area contributed by atoms with Crippen LogP contribution in [0.15, 0.2) is 24.3 Å². The van der Waals surface area contributed by atoms with Crippen molar-refractivity contribution in [2.75, 3.05) is 0 Å². The second kappa shape index (κ2) is 5.12. The minimum Gasteiger partial charge on any atom is -0.507 e. The Kier molecular flexibility index (Phi) is 3.81. The molecular formula is C15H19O4P. The van der Waals surface area contributed by atoms with Gasteiger partial charge >= 0.3 is 0 Å². The molecule has 2 rings (SSSR count). The van der Waals surface area contributed by atoms with Crippen LogP contribution in [0.5, 0.6) is 11.5 Å². The summed E-state index contributed by atoms with van der Waals surface area (Å²) in [7, 11) is -3.75. The average Bonchev–Trinajstić information content (AvgIpc) is 2.42. The zero-order valence-corrected chi connectivity index (χ0v) is 12.7. The smallest absolute Gasteiger partial charge is 0.236 e. The molecule has 4 nitrogen and oxygen atoms in total. The van der Waals surface area contributed by atoms with Crippen LogP contribution in [0.1, 0.15) is 26.3 Å². The van der Waals surface area contributed by atoms with E-state index in [9.17, 15) is 19.7 Å². The van der Waals surface area contributed by atoms with Gasteiger partial charge in [0.15, 0.2) is 0 Å². The van der Waals surface area contributed by atoms with Gasteiger partial charge in [0.25, 0.3) is 0 Å². The summed E-state index contributed by atoms with van der Waals surface area (Å²) in [6, 6.07) is 6.79. The number of phenolic OH excluding ortho intramolecular Hbond substituents is 2. The number of rotatable bonds is 3. The van der Waals surface area contributed by atoms with Crippen molar-refractivity contribution >= 4 is 23.4 Å². The summed E-state index contributed by atoms with van der Waals surface area (Å²) in [6.45, 7) is 5.05. The van der Waals surface area contributed by atoms with E-state index in [-0.39, 0.29) is 16.8 Å². The third-order valence-corrected chi connectivity index (χ3v) is 6.13. The van der Waals surface area contributed by atoms with E-state index in [0.29, 0.717) is 22.8 Å². The first-order valence-electron chi connectivity index (χ1n) is 6.60. The maximum atomic E-state index is 12.6. The van der Waals surface area contributed by atoms with Crippen molar-refractivity contribution in [2.24, 2.45) is 0 Å². The number of benzene rings is 2. The van der Waals surface area contributed by atoms with Crippen molar-refractivity contribution in [3.8, 4) is 11.5 Å². The van der Waals surface area contributed by atoms with Gasteiger partial charge in [0.2, 0.25) is 7.37 Å². The number of hydrogen-bond donors (Lipinski definition) is 3. The lowest BCUT2D eigenvalue weighted by Crippen LogP contribution is -2.17. The second-order valence-electron chi connectivity index (χ2n) is 5.14. The molecule has 5 heteroatoms. The summed E-state index contributed by atoms with van der Waals surface area (Å²) in [4.78, 5) is 10.3. The molecule has 0 amide bonds. The van der Waals surface area contributed by atoms with Crippen LogP contribution in [0.2, 0.25) is 0 Å². The van der Waals surface area contributed by atoms with E-state index in [1.807, 2.05) is 0 Å². The molecule has 3 N–H and O–H groups in total. The molecule has 0 aliphatic heterocycles. The lowest BCUT2D eigenvalue weighted by atomic mass is 10.0. The summed E-state index contributed by atoms with van der Waals surface area (Å²) in [5.74, 6) is -0.222. The first-order valence-corrected chi connectivity index (χ1v) is 8.33. The second-order valence-corrected chi connectivity index (χ2v) is 7.87. The minimum absolute atomic E-state index is 0.00815. The van der Waals surface area contributed by atoms with Crippen LogP contribution >= 0.6 is 7.37 Å². The molecule has 0 aliphatic carbocycles. The minimum atomic E-state index is -3.75. The monoisotopic (exact) mass is 294 g/mol. The van der Waals surface area contributed by atoms with Crippen molar-refractivity contribution in [1.29, 1.82) is 0 Å². The van der Waals surface area contributed by atoms with Gasteiger partial charge in [0.05, 0.1) is 5.30 Å². The molecule has 2 aromatic carbocycles. The van der Waals surface area contributed by atoms with Gasteiger partial charge in [-0.15, -0.1) is 0 Å². The van der Waals surface area contributed by atoms with Gasteiger partial charge in [-0.1, -0.05) is 45.0 Å². The number of aromatic hydroxyl groups is 2. The summed E-state index contributed by atoms with van der Waals surface area (Å²) in [5, 5.41) is 21.7. The highest BCUT2D eigenvalue weighted by atomic mass is 31.2. The summed E-state index contributed by atoms with van der Waals surface area (Å²) >= 11 is 0. The first-order chi connectivity index (χ1) is 9.32. The molecule has 1 unspecified atom stereocenters. The Hall–Kier alpha value is -1.51. The maximum absolute atomic E-state index is 12.6. The van der Waals surface area contributed by atoms with Crippen LogP contribution in [0.3, 0.4) is 0 Å². The molecule has 0 saturated heterocycles. The van der Waals surface area contributed by atoms with Crippen LogP contribution < -0.4 is 5.30 Å². The van der Waals surface area contributed by atoms with Gasteiger partial charge in [-0.05, 0) is 6.42 Å². The standard InChI is InChI=1S/C15H19O4P/c1-4-10-13(16)11-7-5-6-8-12(11)14(17)15(10)20(18,19)9(2)3/h5-9,16-17H,4H2,1-3H3,(H,18,19). The van der Waals surface area contributed by atoms with Crippen LogP contribution in [0.25, 0.3) is 10.8 Å². The predicted octanol–water partition coefficient (Wildman–Crippen LogP) is 3.12. The molecule has 0 aromatic heterocycles. The van der Waals surface area contributed by atoms with Crippen molar-refractivity contribution in [3.63, 3.8) is 0 Å². The van der Waals surface area contributed by atoms with Gasteiger partial charge in [-0.2, -0.15) is 0 Å². The van der Waals surface area contributed by atoms with Crippen molar-refractivity contribution in [3.05, 3.63) is 29.8 Å². The van der Waals surface area contributed by atoms with Crippen LogP contribution in [0.4, 0.5) is 0 Å². The molecular weight excluding hydrogens is 275 g/mol. The van der Waals surface area contributed by atoms with Crippen molar-refractivity contribution < 1.29 is 19.7 Å². The van der Waals surface area contributed by atoms with Crippen LogP contribution in [0, 0.1) is 0 Å². The van der Waals surface area contributed by atoms with Gasteiger partial charge in [0, 0.05) is 22.0 Å². The molecule has 108 valence electrons. The Morgan fingerprint density at radius 2 is 1.60 bits per heavy atom. The Bertz CT molecular complexity index is 707. The first kappa shape index (κ1) is 14.9. The van der Waals surface area contributed by atoms with E-state index in [1.165, 1.54) is 0 Å². The predicted molar refractivity (Wildman–Crippen MR) is 81.3 cm³/mol. The molecule has 0 radical (unpaired) electrons. The third-order valence-electron chi connectivity index (χ3n) is 3.61. The van der Waals surface area contributed by atoms with Crippen molar-refractivity contribution in [1.82, 2.24) is 0 Å². The third kappa shape index (κ3) is 2.09. The molecule has 0 fully saturated rings. The number of hydrogen-bond acceptors (Lipinski definition) is 3. The fourth-order valence-corrected chi connectivity index (χ4v) is 3.97. The highest BCUT2D eigenvalue weighted by molar-refractivity contribution is 7.67. The van der Waals surface area contributed by atoms with Gasteiger partial charge in [-0.3, -0.25) is 4.57 Å². The van der Waals surface area contributed by atoms with E-state index in [4.69, 9.17) is 0 Å². The zero-order valence-electron chi connectivity index (χ0n) is 11.8. The van der Waals surface area contributed by atoms with Crippen molar-refractivity contribution in [2.45, 2.75) is 32.9 Å². The SMILES string of the molecule is CCc1c(P(=O)(O)C(C)C)c(O)c2ccccc2c1O. The summed E-state index contributed by atoms with van der Waals surface area (Å²) in [5.41, 5.74) is -0.181. The van der Waals surface area contributed by atoms with Crippen LogP contribution in [-0.2, 0) is 11.0 Å². The summed E-state index contributed by atoms with van der Waals surface area (Å²) in [6.07, 6.45) is 0.372. The summed E-state index contributed by atoms with van der Waals surface area (Å²) < 4.78 is 12.6. The lowest BCUT2D eigenvalue weighted by Gasteiger charge is -2.22. The normalized spacial score (nSPS) is 14.7. The highest BCUT2D eigenvalue weighted by Crippen LogP contribution is 2.51. The lowest BCUT2D eigenvalue weighted by molar-refractivity contribution is 0.457. The largest absolute Gasteiger partial charge is 0.507 e. The molecule has 0 spiro atoms. The average molecular weight is 294 g/mol. The Balaban J connectivity index is 2.98. The fraction of sp³-hybridized carbons (Fsp3) is 0.333. The van der Waals surface area contributed by atoms with E-state index in [0.717, 1.165) is 0 Å². The van der Waals surface area contributed by atoms with Gasteiger partial charge in [0.1, 0.15) is 11.5 Å². The van der Waals surface area contributed by atoms with E-state index >= 15 is 0 Å². The molecule has 0 aliphatic rings. The fourth-order valence-electron chi connectivity index (χ4n) is 2.38. The van der Waals surface area contributed by atoms with Crippen LogP contribution in [-0.4, -0.2) is 20.8 Å². The molecule has 0 bridgehead atoms. The van der Waals surface area contributed by atoms with Gasteiger partial charge < -0.3 is 15.1 Å². The topological polar surface area (TPSA) is 77.8 Å². The number of fused-ring (bicyclic) bond motifs is 1. The molecule has 20 heavy (non-hydrogen) atoms. The molecule has 0 heterocycles. The Labute approximate surface area is 118 Å².